The molecule has 4 aromatic rings. The maximum Gasteiger partial charge on any atom is 0.420 e. The molecule has 0 unspecified atom stereocenters. The Balaban J connectivity index is 1.67. The number of rotatable bonds is 6. The molecule has 0 aliphatic heterocycles. The number of nitrogens with zero attached hydrogens (tertiary/aromatic N) is 1. The fraction of sp³-hybridized carbons (Fsp3) is 0.182. The van der Waals surface area contributed by atoms with E-state index in [1.807, 2.05) is 0 Å². The van der Waals surface area contributed by atoms with Gasteiger partial charge in [0.05, 0.1) is 14.2 Å². The number of nitrogens with one attached hydrogen (secondary N) is 2. The lowest BCUT2D eigenvalue weighted by molar-refractivity contribution is -0.139. The molecule has 2 aromatic heterocycles. The van der Waals surface area contributed by atoms with Gasteiger partial charge in [-0.25, -0.2) is 0 Å². The Kier molecular flexibility index (Phi) is 5.52. The van der Waals surface area contributed by atoms with E-state index in [2.05, 4.69) is 15.2 Å². The molecule has 0 saturated heterocycles. The number of methoxy groups -OCH3 is 2. The van der Waals surface area contributed by atoms with Crippen LogP contribution in [0.25, 0.3) is 22.2 Å². The number of aromatic nitrogens is 3. The van der Waals surface area contributed by atoms with Gasteiger partial charge < -0.3 is 19.2 Å². The fourth-order valence-corrected chi connectivity index (χ4v) is 3.49. The summed E-state index contributed by atoms with van der Waals surface area (Å²) in [7, 11) is 2.60. The predicted octanol–water partition coefficient (Wildman–Crippen LogP) is 4.53. The molecule has 7 nitrogen and oxygen atoms in total. The van der Waals surface area contributed by atoms with Crippen molar-refractivity contribution in [2.45, 2.75) is 12.8 Å². The minimum atomic E-state index is -4.60. The lowest BCUT2D eigenvalue weighted by Crippen LogP contribution is -2.13. The molecular weight excluding hydrogens is 427 g/mol. The van der Waals surface area contributed by atoms with E-state index in [9.17, 15) is 18.0 Å². The molecule has 32 heavy (non-hydrogen) atoms. The summed E-state index contributed by atoms with van der Waals surface area (Å²) < 4.78 is 56.6. The minimum Gasteiger partial charge on any atom is -0.496 e. The SMILES string of the molecule is COc1cc(-c2cc(=O)[nH]c3n[nH]cc23)ccc1OCc1cccc(OC)c1C(F)(F)F. The van der Waals surface area contributed by atoms with Crippen LogP contribution in [-0.2, 0) is 12.8 Å². The van der Waals surface area contributed by atoms with Crippen molar-refractivity contribution >= 4 is 11.0 Å². The van der Waals surface area contributed by atoms with Gasteiger partial charge in [-0.15, -0.1) is 0 Å². The van der Waals surface area contributed by atoms with Crippen molar-refractivity contribution in [2.75, 3.05) is 14.2 Å². The first-order chi connectivity index (χ1) is 15.3. The Morgan fingerprint density at radius 1 is 1.00 bits per heavy atom. The van der Waals surface area contributed by atoms with Gasteiger partial charge in [0.15, 0.2) is 17.1 Å². The second-order valence-corrected chi connectivity index (χ2v) is 6.84. The Bertz CT molecular complexity index is 1330. The number of pyridine rings is 1. The van der Waals surface area contributed by atoms with Crippen LogP contribution in [0.4, 0.5) is 13.2 Å². The molecule has 2 aromatic carbocycles. The van der Waals surface area contributed by atoms with Gasteiger partial charge in [-0.05, 0) is 29.3 Å². The van der Waals surface area contributed by atoms with Gasteiger partial charge >= 0.3 is 6.18 Å². The van der Waals surface area contributed by atoms with Gasteiger partial charge in [0.25, 0.3) is 0 Å². The van der Waals surface area contributed by atoms with Crippen LogP contribution >= 0.6 is 0 Å². The van der Waals surface area contributed by atoms with Crippen molar-refractivity contribution in [3.63, 3.8) is 0 Å². The molecule has 0 bridgehead atoms. The number of aromatic amines is 2. The zero-order chi connectivity index (χ0) is 22.9. The van der Waals surface area contributed by atoms with Crippen LogP contribution in [0, 0.1) is 0 Å². The molecule has 0 fully saturated rings. The molecule has 0 radical (unpaired) electrons. The minimum absolute atomic E-state index is 0.0716. The molecule has 0 saturated carbocycles. The van der Waals surface area contributed by atoms with E-state index in [1.54, 1.807) is 24.4 Å². The second-order valence-electron chi connectivity index (χ2n) is 6.84. The molecule has 2 heterocycles. The van der Waals surface area contributed by atoms with E-state index in [0.29, 0.717) is 27.9 Å². The Labute approximate surface area is 179 Å². The van der Waals surface area contributed by atoms with Crippen molar-refractivity contribution in [1.29, 1.82) is 0 Å². The Hall–Kier alpha value is -3.95. The lowest BCUT2D eigenvalue weighted by Gasteiger charge is -2.18. The molecule has 0 atom stereocenters. The predicted molar refractivity (Wildman–Crippen MR) is 111 cm³/mol. The third-order valence-electron chi connectivity index (χ3n) is 4.92. The van der Waals surface area contributed by atoms with Crippen molar-refractivity contribution in [3.8, 4) is 28.4 Å². The molecule has 4 rings (SSSR count). The first-order valence-corrected chi connectivity index (χ1v) is 9.43. The quantitative estimate of drug-likeness (QED) is 0.455. The number of ether oxygens (including phenoxy) is 3. The van der Waals surface area contributed by atoms with Crippen molar-refractivity contribution in [2.24, 2.45) is 0 Å². The highest BCUT2D eigenvalue weighted by molar-refractivity contribution is 5.92. The van der Waals surface area contributed by atoms with Gasteiger partial charge in [0.2, 0.25) is 5.56 Å². The number of hydrogen-bond donors (Lipinski definition) is 2. The third kappa shape index (κ3) is 3.98. The summed E-state index contributed by atoms with van der Waals surface area (Å²) in [6, 6.07) is 10.4. The summed E-state index contributed by atoms with van der Waals surface area (Å²) in [6.45, 7) is -0.348. The molecule has 166 valence electrons. The number of halogens is 3. The zero-order valence-electron chi connectivity index (χ0n) is 17.0. The van der Waals surface area contributed by atoms with Crippen LogP contribution in [0.5, 0.6) is 17.2 Å². The normalized spacial score (nSPS) is 11.5. The highest BCUT2D eigenvalue weighted by Crippen LogP contribution is 2.40. The topological polar surface area (TPSA) is 89.2 Å². The van der Waals surface area contributed by atoms with Crippen molar-refractivity contribution in [3.05, 3.63) is 70.1 Å². The Morgan fingerprint density at radius 2 is 1.78 bits per heavy atom. The molecule has 10 heteroatoms. The summed E-state index contributed by atoms with van der Waals surface area (Å²) in [5.41, 5.74) is 0.404. The summed E-state index contributed by atoms with van der Waals surface area (Å²) in [5, 5.41) is 7.39. The first kappa shape index (κ1) is 21.3. The molecular formula is C22H18F3N3O4. The highest BCUT2D eigenvalue weighted by atomic mass is 19.4. The third-order valence-corrected chi connectivity index (χ3v) is 4.92. The van der Waals surface area contributed by atoms with Gasteiger partial charge in [-0.1, -0.05) is 18.2 Å². The largest absolute Gasteiger partial charge is 0.496 e. The second kappa shape index (κ2) is 8.29. The van der Waals surface area contributed by atoms with E-state index in [4.69, 9.17) is 14.2 Å². The van der Waals surface area contributed by atoms with E-state index < -0.39 is 11.7 Å². The number of fused-ring (bicyclic) bond motifs is 1. The van der Waals surface area contributed by atoms with Gasteiger partial charge in [0.1, 0.15) is 17.9 Å². The van der Waals surface area contributed by atoms with Gasteiger partial charge in [0, 0.05) is 23.2 Å². The van der Waals surface area contributed by atoms with Gasteiger partial charge in [-0.3, -0.25) is 9.89 Å². The van der Waals surface area contributed by atoms with E-state index in [1.165, 1.54) is 38.5 Å². The van der Waals surface area contributed by atoms with Crippen molar-refractivity contribution < 1.29 is 27.4 Å². The number of benzene rings is 2. The molecule has 0 amide bonds. The number of alkyl halides is 3. The maximum absolute atomic E-state index is 13.5. The van der Waals surface area contributed by atoms with E-state index in [-0.39, 0.29) is 29.2 Å². The number of H-pyrrole nitrogens is 2. The first-order valence-electron chi connectivity index (χ1n) is 9.43. The van der Waals surface area contributed by atoms with Crippen LogP contribution in [-0.4, -0.2) is 29.4 Å². The van der Waals surface area contributed by atoms with Crippen LogP contribution in [0.2, 0.25) is 0 Å². The van der Waals surface area contributed by atoms with Gasteiger partial charge in [-0.2, -0.15) is 18.3 Å². The van der Waals surface area contributed by atoms with Crippen LogP contribution in [0.3, 0.4) is 0 Å². The molecule has 0 aliphatic carbocycles. The average molecular weight is 445 g/mol. The van der Waals surface area contributed by atoms with Crippen LogP contribution < -0.4 is 19.8 Å². The lowest BCUT2D eigenvalue weighted by atomic mass is 10.0. The Morgan fingerprint density at radius 3 is 2.50 bits per heavy atom. The standard InChI is InChI=1S/C22H18F3N3O4/c1-30-17-5-3-4-13(20(17)22(23,24)25)11-32-16-7-6-12(8-18(16)31-2)14-9-19(29)27-21-15(14)10-26-28-21/h3-10H,11H2,1-2H3,(H2,26,27,28,29). The monoisotopic (exact) mass is 445 g/mol. The van der Waals surface area contributed by atoms with E-state index in [0.717, 1.165) is 0 Å². The van der Waals surface area contributed by atoms with E-state index >= 15 is 0 Å². The molecule has 0 spiro atoms. The summed E-state index contributed by atoms with van der Waals surface area (Å²) >= 11 is 0. The molecule has 2 N–H and O–H groups in total. The average Bonchev–Trinajstić information content (AvgIpc) is 3.24. The fourth-order valence-electron chi connectivity index (χ4n) is 3.49. The van der Waals surface area contributed by atoms with Crippen LogP contribution in [0.1, 0.15) is 11.1 Å². The van der Waals surface area contributed by atoms with Crippen LogP contribution in [0.15, 0.2) is 53.5 Å². The number of hydrogen-bond acceptors (Lipinski definition) is 5. The summed E-state index contributed by atoms with van der Waals surface area (Å²) in [5.74, 6) is 0.274. The zero-order valence-corrected chi connectivity index (χ0v) is 17.0. The summed E-state index contributed by atoms with van der Waals surface area (Å²) in [6.07, 6.45) is -2.95. The summed E-state index contributed by atoms with van der Waals surface area (Å²) in [4.78, 5) is 14.6. The smallest absolute Gasteiger partial charge is 0.420 e. The molecule has 0 aliphatic rings. The highest BCUT2D eigenvalue weighted by Gasteiger charge is 2.37. The maximum atomic E-state index is 13.5. The van der Waals surface area contributed by atoms with Crippen molar-refractivity contribution in [1.82, 2.24) is 15.2 Å².